The maximum Gasteiger partial charge on any atom is 0.255 e. The zero-order valence-electron chi connectivity index (χ0n) is 17.7. The molecule has 30 heavy (non-hydrogen) atoms. The summed E-state index contributed by atoms with van der Waals surface area (Å²) >= 11 is 0. The number of anilines is 1. The Bertz CT molecular complexity index is 1110. The van der Waals surface area contributed by atoms with Gasteiger partial charge >= 0.3 is 0 Å². The number of amides is 1. The number of carbonyl (C=O) groups excluding carboxylic acids is 1. The van der Waals surface area contributed by atoms with Crippen molar-refractivity contribution < 1.29 is 9.53 Å². The van der Waals surface area contributed by atoms with E-state index in [1.54, 1.807) is 49.7 Å². The van der Waals surface area contributed by atoms with Gasteiger partial charge in [-0.3, -0.25) is 9.59 Å². The molecule has 3 rings (SSSR count). The van der Waals surface area contributed by atoms with Crippen LogP contribution in [0, 0.1) is 0 Å². The molecular formula is C24H27N3O3. The van der Waals surface area contributed by atoms with Crippen molar-refractivity contribution in [3.63, 3.8) is 0 Å². The molecule has 1 aromatic heterocycles. The second-order valence-corrected chi connectivity index (χ2v) is 8.18. The summed E-state index contributed by atoms with van der Waals surface area (Å²) in [6.45, 7) is 6.51. The number of benzene rings is 2. The molecule has 0 atom stereocenters. The van der Waals surface area contributed by atoms with Crippen molar-refractivity contribution in [1.82, 2.24) is 10.3 Å². The van der Waals surface area contributed by atoms with Crippen LogP contribution >= 0.6 is 0 Å². The highest BCUT2D eigenvalue weighted by atomic mass is 16.5. The highest BCUT2D eigenvalue weighted by Gasteiger charge is 2.23. The van der Waals surface area contributed by atoms with E-state index in [1.807, 2.05) is 12.1 Å². The Balaban J connectivity index is 2.03. The van der Waals surface area contributed by atoms with Crippen molar-refractivity contribution in [1.29, 1.82) is 0 Å². The molecule has 4 N–H and O–H groups in total. The van der Waals surface area contributed by atoms with Gasteiger partial charge in [-0.1, -0.05) is 20.8 Å². The summed E-state index contributed by atoms with van der Waals surface area (Å²) in [5, 5.41) is 2.93. The average Bonchev–Trinajstić information content (AvgIpc) is 2.71. The van der Waals surface area contributed by atoms with Crippen molar-refractivity contribution in [2.45, 2.75) is 32.7 Å². The summed E-state index contributed by atoms with van der Waals surface area (Å²) in [4.78, 5) is 27.8. The van der Waals surface area contributed by atoms with E-state index in [2.05, 4.69) is 31.1 Å². The highest BCUT2D eigenvalue weighted by Crippen LogP contribution is 2.36. The van der Waals surface area contributed by atoms with Crippen molar-refractivity contribution in [3.8, 4) is 16.9 Å². The van der Waals surface area contributed by atoms with E-state index in [1.165, 1.54) is 0 Å². The predicted octanol–water partition coefficient (Wildman–Crippen LogP) is 3.86. The summed E-state index contributed by atoms with van der Waals surface area (Å²) in [6, 6.07) is 14.2. The number of aromatic nitrogens is 1. The molecule has 1 amide bonds. The minimum Gasteiger partial charge on any atom is -0.496 e. The minimum atomic E-state index is -0.221. The summed E-state index contributed by atoms with van der Waals surface area (Å²) in [5.41, 5.74) is 9.52. The first-order valence-electron chi connectivity index (χ1n) is 9.74. The molecule has 0 radical (unpaired) electrons. The van der Waals surface area contributed by atoms with Gasteiger partial charge in [-0.2, -0.15) is 0 Å². The minimum absolute atomic E-state index is 0.186. The van der Waals surface area contributed by atoms with Crippen LogP contribution < -0.4 is 21.3 Å². The third-order valence-corrected chi connectivity index (χ3v) is 4.95. The van der Waals surface area contributed by atoms with Crippen LogP contribution in [0.15, 0.2) is 59.5 Å². The highest BCUT2D eigenvalue weighted by molar-refractivity contribution is 5.94. The van der Waals surface area contributed by atoms with Crippen molar-refractivity contribution in [2.75, 3.05) is 12.8 Å². The zero-order valence-corrected chi connectivity index (χ0v) is 17.7. The Morgan fingerprint density at radius 1 is 1.10 bits per heavy atom. The van der Waals surface area contributed by atoms with Crippen LogP contribution in [0.1, 0.15) is 42.3 Å². The summed E-state index contributed by atoms with van der Waals surface area (Å²) in [6.07, 6.45) is 1.60. The molecule has 0 unspecified atom stereocenters. The van der Waals surface area contributed by atoms with E-state index in [9.17, 15) is 9.59 Å². The van der Waals surface area contributed by atoms with E-state index in [0.717, 1.165) is 22.4 Å². The molecule has 0 aliphatic rings. The molecule has 2 aromatic carbocycles. The van der Waals surface area contributed by atoms with Gasteiger partial charge < -0.3 is 20.8 Å². The molecular weight excluding hydrogens is 378 g/mol. The molecule has 6 nitrogen and oxygen atoms in total. The predicted molar refractivity (Wildman–Crippen MR) is 120 cm³/mol. The Morgan fingerprint density at radius 3 is 2.40 bits per heavy atom. The smallest absolute Gasteiger partial charge is 0.255 e. The van der Waals surface area contributed by atoms with Gasteiger partial charge in [-0.25, -0.2) is 0 Å². The number of nitrogens with one attached hydrogen (secondary N) is 2. The number of rotatable bonds is 5. The summed E-state index contributed by atoms with van der Waals surface area (Å²) < 4.78 is 5.63. The first-order chi connectivity index (χ1) is 14.2. The maximum absolute atomic E-state index is 12.6. The van der Waals surface area contributed by atoms with Gasteiger partial charge in [0, 0.05) is 35.1 Å². The third kappa shape index (κ3) is 4.54. The SMILES string of the molecule is COc1cc(CNC(=O)c2ccc(N)cc2)c(-c2ccc[nH]c2=O)cc1C(C)(C)C. The molecule has 0 fully saturated rings. The largest absolute Gasteiger partial charge is 0.496 e. The first kappa shape index (κ1) is 21.2. The van der Waals surface area contributed by atoms with E-state index in [4.69, 9.17) is 10.5 Å². The molecule has 3 aromatic rings. The number of carbonyl (C=O) groups is 1. The Labute approximate surface area is 176 Å². The quantitative estimate of drug-likeness (QED) is 0.562. The fraction of sp³-hybridized carbons (Fsp3) is 0.250. The fourth-order valence-electron chi connectivity index (χ4n) is 3.32. The molecule has 0 aliphatic heterocycles. The van der Waals surface area contributed by atoms with Crippen molar-refractivity contribution in [3.05, 3.63) is 81.8 Å². The van der Waals surface area contributed by atoms with Gasteiger partial charge in [-0.05, 0) is 65.1 Å². The van der Waals surface area contributed by atoms with Crippen LogP contribution in [0.25, 0.3) is 11.1 Å². The second kappa shape index (κ2) is 8.45. The number of H-pyrrole nitrogens is 1. The normalized spacial score (nSPS) is 11.2. The van der Waals surface area contributed by atoms with Crippen LogP contribution in [0.4, 0.5) is 5.69 Å². The van der Waals surface area contributed by atoms with E-state index in [0.29, 0.717) is 16.8 Å². The lowest BCUT2D eigenvalue weighted by Gasteiger charge is -2.24. The Hall–Kier alpha value is -3.54. The molecule has 0 spiro atoms. The van der Waals surface area contributed by atoms with E-state index in [-0.39, 0.29) is 23.4 Å². The first-order valence-corrected chi connectivity index (χ1v) is 9.74. The lowest BCUT2D eigenvalue weighted by molar-refractivity contribution is 0.0951. The molecule has 0 saturated carbocycles. The van der Waals surface area contributed by atoms with Crippen LogP contribution in [-0.4, -0.2) is 18.0 Å². The van der Waals surface area contributed by atoms with Gasteiger partial charge in [0.25, 0.3) is 11.5 Å². The number of hydrogen-bond donors (Lipinski definition) is 3. The van der Waals surface area contributed by atoms with Crippen LogP contribution in [0.3, 0.4) is 0 Å². The van der Waals surface area contributed by atoms with Gasteiger partial charge in [0.05, 0.1) is 7.11 Å². The topological polar surface area (TPSA) is 97.2 Å². The molecule has 0 bridgehead atoms. The fourth-order valence-corrected chi connectivity index (χ4v) is 3.32. The number of methoxy groups -OCH3 is 1. The number of ether oxygens (including phenoxy) is 1. The standard InChI is InChI=1S/C24H27N3O3/c1-24(2,3)20-13-19(18-6-5-11-26-23(18)29)16(12-21(20)30-4)14-27-22(28)15-7-9-17(25)10-8-15/h5-13H,14,25H2,1-4H3,(H,26,29)(H,27,28). The zero-order chi connectivity index (χ0) is 21.9. The summed E-state index contributed by atoms with van der Waals surface area (Å²) in [7, 11) is 1.62. The third-order valence-electron chi connectivity index (χ3n) is 4.95. The number of nitrogens with two attached hydrogens (primary N) is 1. The molecule has 156 valence electrons. The molecule has 1 heterocycles. The van der Waals surface area contributed by atoms with Gasteiger partial charge in [0.1, 0.15) is 5.75 Å². The maximum atomic E-state index is 12.6. The number of nitrogen functional groups attached to an aromatic ring is 1. The van der Waals surface area contributed by atoms with E-state index >= 15 is 0 Å². The number of pyridine rings is 1. The van der Waals surface area contributed by atoms with Crippen LogP contribution in [0.2, 0.25) is 0 Å². The van der Waals surface area contributed by atoms with Crippen molar-refractivity contribution in [2.24, 2.45) is 0 Å². The van der Waals surface area contributed by atoms with Crippen molar-refractivity contribution >= 4 is 11.6 Å². The molecule has 0 aliphatic carbocycles. The average molecular weight is 405 g/mol. The van der Waals surface area contributed by atoms with Gasteiger partial charge in [0.2, 0.25) is 0 Å². The van der Waals surface area contributed by atoms with Gasteiger partial charge in [0.15, 0.2) is 0 Å². The summed E-state index contributed by atoms with van der Waals surface area (Å²) in [5.74, 6) is 0.497. The van der Waals surface area contributed by atoms with Crippen LogP contribution in [-0.2, 0) is 12.0 Å². The number of hydrogen-bond acceptors (Lipinski definition) is 4. The van der Waals surface area contributed by atoms with Gasteiger partial charge in [-0.15, -0.1) is 0 Å². The number of aromatic amines is 1. The molecule has 6 heteroatoms. The second-order valence-electron chi connectivity index (χ2n) is 8.18. The lowest BCUT2D eigenvalue weighted by atomic mass is 9.83. The Morgan fingerprint density at radius 2 is 1.80 bits per heavy atom. The lowest BCUT2D eigenvalue weighted by Crippen LogP contribution is -2.24. The van der Waals surface area contributed by atoms with E-state index < -0.39 is 0 Å². The van der Waals surface area contributed by atoms with Crippen LogP contribution in [0.5, 0.6) is 5.75 Å². The monoisotopic (exact) mass is 405 g/mol. The molecule has 0 saturated heterocycles. The Kier molecular flexibility index (Phi) is 5.96.